The van der Waals surface area contributed by atoms with Crippen molar-refractivity contribution < 1.29 is 9.53 Å². The normalized spacial score (nSPS) is 12.6. The third kappa shape index (κ3) is 49.4. The minimum absolute atomic E-state index is 0.126. The van der Waals surface area contributed by atoms with Crippen LogP contribution < -0.4 is 0 Å². The highest BCUT2D eigenvalue weighted by Crippen LogP contribution is 2.34. The Labute approximate surface area is 406 Å². The number of carbonyl (C=O) groups is 1. The minimum atomic E-state index is -0.221. The standard InChI is InChI=1S/C62H124O2/c1-5-9-13-17-21-25-29-32-34-36-40-44-48-52-56-60-62(58-54-50-46-42-38-31-27-23-19-15-11-7-3,59-55-51-47-43-39-35-33-30-26-22-18-14-10-6-2)64-61(63)57-53-49-45-41-37-28-24-20-16-12-8-4/h5-60H2,1-4H3. The van der Waals surface area contributed by atoms with Crippen LogP contribution in [0.4, 0.5) is 0 Å². The first-order valence-corrected chi connectivity index (χ1v) is 30.9. The summed E-state index contributed by atoms with van der Waals surface area (Å²) in [4.78, 5) is 13.7. The predicted octanol–water partition coefficient (Wildman–Crippen LogP) is 23.2. The van der Waals surface area contributed by atoms with Gasteiger partial charge >= 0.3 is 5.97 Å². The molecule has 2 nitrogen and oxygen atoms in total. The van der Waals surface area contributed by atoms with Gasteiger partial charge in [0.05, 0.1) is 0 Å². The molecule has 64 heavy (non-hydrogen) atoms. The van der Waals surface area contributed by atoms with Gasteiger partial charge in [0.25, 0.3) is 0 Å². The van der Waals surface area contributed by atoms with Crippen LogP contribution in [0.3, 0.4) is 0 Å². The highest BCUT2D eigenvalue weighted by molar-refractivity contribution is 5.69. The van der Waals surface area contributed by atoms with Crippen molar-refractivity contribution in [3.05, 3.63) is 0 Å². The van der Waals surface area contributed by atoms with Crippen LogP contribution in [0.2, 0.25) is 0 Å². The topological polar surface area (TPSA) is 26.3 Å². The molecule has 0 aromatic heterocycles. The first-order chi connectivity index (χ1) is 31.6. The Morgan fingerprint density at radius 2 is 0.391 bits per heavy atom. The van der Waals surface area contributed by atoms with Crippen LogP contribution in [0.5, 0.6) is 0 Å². The summed E-state index contributed by atoms with van der Waals surface area (Å²) in [6.07, 6.45) is 75.7. The fourth-order valence-corrected chi connectivity index (χ4v) is 10.5. The van der Waals surface area contributed by atoms with Gasteiger partial charge in [0.2, 0.25) is 0 Å². The maximum Gasteiger partial charge on any atom is 0.306 e. The summed E-state index contributed by atoms with van der Waals surface area (Å²) in [5.41, 5.74) is -0.221. The van der Waals surface area contributed by atoms with Crippen LogP contribution >= 0.6 is 0 Å². The zero-order valence-corrected chi connectivity index (χ0v) is 45.4. The molecule has 0 rings (SSSR count). The van der Waals surface area contributed by atoms with E-state index in [0.29, 0.717) is 6.42 Å². The lowest BCUT2D eigenvalue weighted by molar-refractivity contribution is -0.163. The number of carbonyl (C=O) groups excluding carboxylic acids is 1. The zero-order valence-electron chi connectivity index (χ0n) is 45.4. The van der Waals surface area contributed by atoms with Gasteiger partial charge in [-0.05, 0) is 44.9 Å². The van der Waals surface area contributed by atoms with Crippen molar-refractivity contribution in [2.24, 2.45) is 0 Å². The Balaban J connectivity index is 5.05. The third-order valence-electron chi connectivity index (χ3n) is 15.0. The highest BCUT2D eigenvalue weighted by atomic mass is 16.6. The quantitative estimate of drug-likeness (QED) is 0.0449. The Morgan fingerprint density at radius 3 is 0.578 bits per heavy atom. The monoisotopic (exact) mass is 901 g/mol. The second-order valence-electron chi connectivity index (χ2n) is 21.6. The van der Waals surface area contributed by atoms with Crippen molar-refractivity contribution in [3.8, 4) is 0 Å². The summed E-state index contributed by atoms with van der Waals surface area (Å²) >= 11 is 0. The third-order valence-corrected chi connectivity index (χ3v) is 15.0. The molecule has 0 N–H and O–H groups in total. The van der Waals surface area contributed by atoms with E-state index < -0.39 is 0 Å². The smallest absolute Gasteiger partial charge is 0.306 e. The summed E-state index contributed by atoms with van der Waals surface area (Å²) in [5.74, 6) is 0.126. The van der Waals surface area contributed by atoms with Gasteiger partial charge in [0.15, 0.2) is 0 Å². The largest absolute Gasteiger partial charge is 0.459 e. The summed E-state index contributed by atoms with van der Waals surface area (Å²) < 4.78 is 6.82. The van der Waals surface area contributed by atoms with Crippen LogP contribution in [-0.4, -0.2) is 11.6 Å². The summed E-state index contributed by atoms with van der Waals surface area (Å²) in [6, 6.07) is 0. The Kier molecular flexibility index (Phi) is 54.6. The number of hydrogen-bond acceptors (Lipinski definition) is 2. The molecule has 0 saturated carbocycles. The molecule has 0 spiro atoms. The number of esters is 1. The number of ether oxygens (including phenoxy) is 1. The molecule has 1 unspecified atom stereocenters. The number of rotatable bonds is 57. The fourth-order valence-electron chi connectivity index (χ4n) is 10.5. The second-order valence-corrected chi connectivity index (χ2v) is 21.6. The zero-order chi connectivity index (χ0) is 46.4. The Bertz CT molecular complexity index is 852. The van der Waals surface area contributed by atoms with E-state index in [1.165, 1.54) is 327 Å². The lowest BCUT2D eigenvalue weighted by atomic mass is 9.84. The van der Waals surface area contributed by atoms with Gasteiger partial charge < -0.3 is 4.74 Å². The van der Waals surface area contributed by atoms with Crippen molar-refractivity contribution in [3.63, 3.8) is 0 Å². The van der Waals surface area contributed by atoms with E-state index in [-0.39, 0.29) is 11.6 Å². The lowest BCUT2D eigenvalue weighted by Crippen LogP contribution is -2.35. The van der Waals surface area contributed by atoms with Crippen molar-refractivity contribution in [2.45, 2.75) is 393 Å². The average molecular weight is 902 g/mol. The molecule has 0 heterocycles. The number of unbranched alkanes of at least 4 members (excludes halogenated alkanes) is 48. The molecule has 0 fully saturated rings. The van der Waals surface area contributed by atoms with Crippen molar-refractivity contribution >= 4 is 5.97 Å². The summed E-state index contributed by atoms with van der Waals surface area (Å²) in [5, 5.41) is 0. The van der Waals surface area contributed by atoms with Crippen molar-refractivity contribution in [1.29, 1.82) is 0 Å². The van der Waals surface area contributed by atoms with E-state index in [2.05, 4.69) is 27.7 Å². The molecular formula is C62H124O2. The van der Waals surface area contributed by atoms with E-state index in [1.54, 1.807) is 0 Å². The molecule has 2 heteroatoms. The van der Waals surface area contributed by atoms with E-state index >= 15 is 0 Å². The maximum absolute atomic E-state index is 13.7. The molecule has 1 atom stereocenters. The first kappa shape index (κ1) is 63.5. The van der Waals surface area contributed by atoms with Crippen LogP contribution in [-0.2, 0) is 9.53 Å². The molecule has 0 radical (unpaired) electrons. The van der Waals surface area contributed by atoms with Crippen LogP contribution in [0.25, 0.3) is 0 Å². The SMILES string of the molecule is CCCCCCCCCCCCCCCCCC(CCCCCCCCCCCCCC)(CCCCCCCCCCCCCCCC)OC(=O)CCCCCCCCCCCCC. The summed E-state index contributed by atoms with van der Waals surface area (Å²) in [7, 11) is 0. The molecular weight excluding hydrogens is 777 g/mol. The van der Waals surface area contributed by atoms with E-state index in [4.69, 9.17) is 4.74 Å². The molecule has 384 valence electrons. The summed E-state index contributed by atoms with van der Waals surface area (Å²) in [6.45, 7) is 9.25. The lowest BCUT2D eigenvalue weighted by Gasteiger charge is -2.34. The van der Waals surface area contributed by atoms with Gasteiger partial charge in [-0.2, -0.15) is 0 Å². The molecule has 0 aromatic carbocycles. The molecule has 0 saturated heterocycles. The molecule has 0 aliphatic heterocycles. The average Bonchev–Trinajstić information content (AvgIpc) is 3.30. The highest BCUT2D eigenvalue weighted by Gasteiger charge is 2.33. The van der Waals surface area contributed by atoms with Gasteiger partial charge in [-0.1, -0.05) is 336 Å². The molecule has 0 bridgehead atoms. The molecule has 0 aromatic rings. The van der Waals surface area contributed by atoms with Gasteiger partial charge in [0.1, 0.15) is 5.60 Å². The molecule has 0 aliphatic carbocycles. The second kappa shape index (κ2) is 55.1. The van der Waals surface area contributed by atoms with Gasteiger partial charge in [-0.25, -0.2) is 0 Å². The Hall–Kier alpha value is -0.530. The van der Waals surface area contributed by atoms with E-state index in [0.717, 1.165) is 25.7 Å². The van der Waals surface area contributed by atoms with Crippen molar-refractivity contribution in [2.75, 3.05) is 0 Å². The van der Waals surface area contributed by atoms with Crippen LogP contribution in [0.15, 0.2) is 0 Å². The van der Waals surface area contributed by atoms with Gasteiger partial charge in [-0.15, -0.1) is 0 Å². The predicted molar refractivity (Wildman–Crippen MR) is 290 cm³/mol. The van der Waals surface area contributed by atoms with E-state index in [9.17, 15) is 4.79 Å². The minimum Gasteiger partial charge on any atom is -0.459 e. The van der Waals surface area contributed by atoms with Gasteiger partial charge in [-0.3, -0.25) is 4.79 Å². The molecule has 0 amide bonds. The maximum atomic E-state index is 13.7. The van der Waals surface area contributed by atoms with Crippen molar-refractivity contribution in [1.82, 2.24) is 0 Å². The van der Waals surface area contributed by atoms with Gasteiger partial charge in [0, 0.05) is 6.42 Å². The fraction of sp³-hybridized carbons (Fsp3) is 0.984. The van der Waals surface area contributed by atoms with Crippen LogP contribution in [0.1, 0.15) is 387 Å². The Morgan fingerprint density at radius 1 is 0.234 bits per heavy atom. The first-order valence-electron chi connectivity index (χ1n) is 30.9. The number of hydrogen-bond donors (Lipinski definition) is 0. The molecule has 0 aliphatic rings. The van der Waals surface area contributed by atoms with E-state index in [1.807, 2.05) is 0 Å². The van der Waals surface area contributed by atoms with Crippen LogP contribution in [0, 0.1) is 0 Å².